The third kappa shape index (κ3) is 3.28. The van der Waals surface area contributed by atoms with Crippen molar-refractivity contribution in [2.75, 3.05) is 5.73 Å². The lowest BCUT2D eigenvalue weighted by Gasteiger charge is -2.06. The van der Waals surface area contributed by atoms with Crippen molar-refractivity contribution in [3.05, 3.63) is 59.2 Å². The maximum atomic E-state index is 13.4. The van der Waals surface area contributed by atoms with Gasteiger partial charge in [0.05, 0.1) is 5.56 Å². The number of nitrogens with zero attached hydrogens (tertiary/aromatic N) is 1. The van der Waals surface area contributed by atoms with Crippen molar-refractivity contribution in [3.8, 4) is 0 Å². The van der Waals surface area contributed by atoms with E-state index in [-0.39, 0.29) is 12.2 Å². The average Bonchev–Trinajstić information content (AvgIpc) is 2.39. The van der Waals surface area contributed by atoms with Gasteiger partial charge in [0.15, 0.2) is 0 Å². The molecule has 0 aliphatic carbocycles. The number of carbonyl (C=O) groups is 1. The van der Waals surface area contributed by atoms with Crippen LogP contribution in [-0.2, 0) is 11.3 Å². The van der Waals surface area contributed by atoms with Gasteiger partial charge in [0, 0.05) is 23.6 Å². The monoisotopic (exact) mass is 260 g/mol. The number of benzene rings is 1. The number of carbonyl (C=O) groups excluding carboxylic acids is 1. The molecule has 0 unspecified atom stereocenters. The molecule has 0 amide bonds. The highest BCUT2D eigenvalue weighted by atomic mass is 19.1. The number of halogens is 1. The van der Waals surface area contributed by atoms with Crippen molar-refractivity contribution in [2.24, 2.45) is 0 Å². The molecule has 0 atom stereocenters. The second-order valence-electron chi connectivity index (χ2n) is 4.19. The van der Waals surface area contributed by atoms with Gasteiger partial charge in [-0.2, -0.15) is 0 Å². The molecule has 0 aliphatic rings. The molecule has 0 saturated carbocycles. The minimum absolute atomic E-state index is 0.0434. The molecule has 1 aromatic heterocycles. The minimum Gasteiger partial charge on any atom is -0.457 e. The van der Waals surface area contributed by atoms with Crippen molar-refractivity contribution < 1.29 is 13.9 Å². The second kappa shape index (κ2) is 5.48. The predicted molar refractivity (Wildman–Crippen MR) is 68.9 cm³/mol. The Morgan fingerprint density at radius 3 is 2.89 bits per heavy atom. The van der Waals surface area contributed by atoms with Crippen molar-refractivity contribution >= 4 is 11.7 Å². The molecule has 0 radical (unpaired) electrons. The Morgan fingerprint density at radius 1 is 1.37 bits per heavy atom. The lowest BCUT2D eigenvalue weighted by atomic mass is 10.2. The van der Waals surface area contributed by atoms with Crippen LogP contribution >= 0.6 is 0 Å². The van der Waals surface area contributed by atoms with Gasteiger partial charge in [-0.1, -0.05) is 0 Å². The van der Waals surface area contributed by atoms with E-state index in [0.717, 1.165) is 17.2 Å². The topological polar surface area (TPSA) is 65.2 Å². The van der Waals surface area contributed by atoms with E-state index in [1.807, 2.05) is 13.0 Å². The predicted octanol–water partition coefficient (Wildman–Crippen LogP) is 2.47. The molecule has 0 saturated heterocycles. The summed E-state index contributed by atoms with van der Waals surface area (Å²) in [5.74, 6) is -1.40. The first-order chi connectivity index (χ1) is 9.06. The molecule has 1 heterocycles. The van der Waals surface area contributed by atoms with Crippen molar-refractivity contribution in [2.45, 2.75) is 13.5 Å². The van der Waals surface area contributed by atoms with Crippen molar-refractivity contribution in [1.29, 1.82) is 0 Å². The van der Waals surface area contributed by atoms with Gasteiger partial charge in [-0.3, -0.25) is 4.98 Å². The van der Waals surface area contributed by atoms with Crippen LogP contribution in [-0.4, -0.2) is 11.0 Å². The van der Waals surface area contributed by atoms with Crippen LogP contribution in [0, 0.1) is 12.7 Å². The molecule has 98 valence electrons. The van der Waals surface area contributed by atoms with Crippen LogP contribution in [0.5, 0.6) is 0 Å². The number of hydrogen-bond donors (Lipinski definition) is 1. The SMILES string of the molecule is Cc1cncc(COC(=O)c2cc(N)ccc2F)c1. The smallest absolute Gasteiger partial charge is 0.341 e. The van der Waals surface area contributed by atoms with E-state index in [4.69, 9.17) is 10.5 Å². The van der Waals surface area contributed by atoms with Gasteiger partial charge < -0.3 is 10.5 Å². The number of aromatic nitrogens is 1. The molecule has 0 bridgehead atoms. The maximum Gasteiger partial charge on any atom is 0.341 e. The van der Waals surface area contributed by atoms with E-state index in [1.54, 1.807) is 12.4 Å². The van der Waals surface area contributed by atoms with Gasteiger partial charge in [0.25, 0.3) is 0 Å². The Labute approximate surface area is 110 Å². The standard InChI is InChI=1S/C14H13FN2O2/c1-9-4-10(7-17-6-9)8-19-14(18)12-5-11(16)2-3-13(12)15/h2-7H,8,16H2,1H3. The summed E-state index contributed by atoms with van der Waals surface area (Å²) >= 11 is 0. The van der Waals surface area contributed by atoms with Gasteiger partial charge in [-0.25, -0.2) is 9.18 Å². The summed E-state index contributed by atoms with van der Waals surface area (Å²) in [4.78, 5) is 15.7. The second-order valence-corrected chi connectivity index (χ2v) is 4.19. The van der Waals surface area contributed by atoms with E-state index >= 15 is 0 Å². The summed E-state index contributed by atoms with van der Waals surface area (Å²) in [6.07, 6.45) is 3.29. The lowest BCUT2D eigenvalue weighted by molar-refractivity contribution is 0.0467. The van der Waals surface area contributed by atoms with E-state index < -0.39 is 11.8 Å². The van der Waals surface area contributed by atoms with Crippen LogP contribution in [0.2, 0.25) is 0 Å². The number of ether oxygens (including phenoxy) is 1. The molecule has 19 heavy (non-hydrogen) atoms. The molecule has 0 fully saturated rings. The number of esters is 1. The maximum absolute atomic E-state index is 13.4. The van der Waals surface area contributed by atoms with Gasteiger partial charge in [0.2, 0.25) is 0 Å². The average molecular weight is 260 g/mol. The summed E-state index contributed by atoms with van der Waals surface area (Å²) < 4.78 is 18.5. The first-order valence-corrected chi connectivity index (χ1v) is 5.69. The first kappa shape index (κ1) is 13.0. The Hall–Kier alpha value is -2.43. The number of nitrogens with two attached hydrogens (primary N) is 1. The number of nitrogen functional groups attached to an aromatic ring is 1. The van der Waals surface area contributed by atoms with Crippen LogP contribution in [0.25, 0.3) is 0 Å². The molecular formula is C14H13FN2O2. The lowest BCUT2D eigenvalue weighted by Crippen LogP contribution is -2.08. The van der Waals surface area contributed by atoms with E-state index in [9.17, 15) is 9.18 Å². The van der Waals surface area contributed by atoms with E-state index in [0.29, 0.717) is 5.69 Å². The number of hydrogen-bond acceptors (Lipinski definition) is 4. The third-order valence-electron chi connectivity index (χ3n) is 2.51. The molecule has 2 rings (SSSR count). The van der Waals surface area contributed by atoms with Crippen LogP contribution in [0.15, 0.2) is 36.7 Å². The fraction of sp³-hybridized carbons (Fsp3) is 0.143. The Balaban J connectivity index is 2.07. The first-order valence-electron chi connectivity index (χ1n) is 5.69. The Kier molecular flexibility index (Phi) is 3.75. The van der Waals surface area contributed by atoms with Gasteiger partial charge in [-0.05, 0) is 36.8 Å². The fourth-order valence-electron chi connectivity index (χ4n) is 1.62. The summed E-state index contributed by atoms with van der Waals surface area (Å²) in [5.41, 5.74) is 7.36. The third-order valence-corrected chi connectivity index (χ3v) is 2.51. The molecule has 5 heteroatoms. The summed E-state index contributed by atoms with van der Waals surface area (Å²) in [5, 5.41) is 0. The fourth-order valence-corrected chi connectivity index (χ4v) is 1.62. The minimum atomic E-state index is -0.744. The zero-order chi connectivity index (χ0) is 13.8. The highest BCUT2D eigenvalue weighted by molar-refractivity contribution is 5.90. The highest BCUT2D eigenvalue weighted by Gasteiger charge is 2.13. The Morgan fingerprint density at radius 2 is 2.16 bits per heavy atom. The molecule has 2 N–H and O–H groups in total. The van der Waals surface area contributed by atoms with E-state index in [1.165, 1.54) is 12.1 Å². The highest BCUT2D eigenvalue weighted by Crippen LogP contribution is 2.14. The molecule has 4 nitrogen and oxygen atoms in total. The van der Waals surface area contributed by atoms with Gasteiger partial charge in [0.1, 0.15) is 12.4 Å². The van der Waals surface area contributed by atoms with Gasteiger partial charge in [-0.15, -0.1) is 0 Å². The number of aryl methyl sites for hydroxylation is 1. The Bertz CT molecular complexity index is 614. The summed E-state index contributed by atoms with van der Waals surface area (Å²) in [6, 6.07) is 5.62. The van der Waals surface area contributed by atoms with Crippen LogP contribution in [0.1, 0.15) is 21.5 Å². The zero-order valence-corrected chi connectivity index (χ0v) is 10.4. The molecule has 0 spiro atoms. The largest absolute Gasteiger partial charge is 0.457 e. The van der Waals surface area contributed by atoms with Crippen molar-refractivity contribution in [1.82, 2.24) is 4.98 Å². The molecule has 2 aromatic rings. The number of pyridine rings is 1. The van der Waals surface area contributed by atoms with Crippen LogP contribution in [0.4, 0.5) is 10.1 Å². The van der Waals surface area contributed by atoms with Crippen LogP contribution < -0.4 is 5.73 Å². The number of anilines is 1. The molecular weight excluding hydrogens is 247 g/mol. The summed E-state index contributed by atoms with van der Waals surface area (Å²) in [7, 11) is 0. The van der Waals surface area contributed by atoms with Crippen molar-refractivity contribution in [3.63, 3.8) is 0 Å². The normalized spacial score (nSPS) is 10.2. The molecule has 1 aromatic carbocycles. The number of rotatable bonds is 3. The van der Waals surface area contributed by atoms with Crippen LogP contribution in [0.3, 0.4) is 0 Å². The summed E-state index contributed by atoms with van der Waals surface area (Å²) in [6.45, 7) is 1.93. The van der Waals surface area contributed by atoms with Gasteiger partial charge >= 0.3 is 5.97 Å². The quantitative estimate of drug-likeness (QED) is 0.680. The zero-order valence-electron chi connectivity index (χ0n) is 10.4. The molecule has 0 aliphatic heterocycles. The van der Waals surface area contributed by atoms with E-state index in [2.05, 4.69) is 4.98 Å².